The fourth-order valence-corrected chi connectivity index (χ4v) is 4.55. The summed E-state index contributed by atoms with van der Waals surface area (Å²) in [5.74, 6) is 0.642. The first-order chi connectivity index (χ1) is 16.6. The lowest BCUT2D eigenvalue weighted by Gasteiger charge is -2.14. The standard InChI is InChI=1S/C30H54N2O2/c1-3-5-7-9-11-13-15-17-19-21-25-34-28-24-23-26(31)29(30(28)32)27(33)22-20-18-16-14-12-10-8-6-4-2/h23-24H,3-22,25,31-32H2,1-2H3. The van der Waals surface area contributed by atoms with Crippen molar-refractivity contribution in [3.05, 3.63) is 17.7 Å². The summed E-state index contributed by atoms with van der Waals surface area (Å²) in [7, 11) is 0. The number of ether oxygens (including phenoxy) is 1. The van der Waals surface area contributed by atoms with Crippen LogP contribution in [0.1, 0.15) is 153 Å². The first-order valence-electron chi connectivity index (χ1n) is 14.5. The highest BCUT2D eigenvalue weighted by atomic mass is 16.5. The Kier molecular flexibility index (Phi) is 18.4. The molecule has 1 aromatic rings. The van der Waals surface area contributed by atoms with Gasteiger partial charge in [0.05, 0.1) is 17.9 Å². The molecule has 0 spiro atoms. The lowest BCUT2D eigenvalue weighted by molar-refractivity contribution is 0.0980. The number of ketones is 1. The van der Waals surface area contributed by atoms with Crippen LogP contribution in [0.2, 0.25) is 0 Å². The van der Waals surface area contributed by atoms with Gasteiger partial charge in [-0.05, 0) is 25.0 Å². The van der Waals surface area contributed by atoms with Crippen LogP contribution in [-0.4, -0.2) is 12.4 Å². The van der Waals surface area contributed by atoms with Crippen LogP contribution in [0.25, 0.3) is 0 Å². The minimum atomic E-state index is 0.0438. The summed E-state index contributed by atoms with van der Waals surface area (Å²) in [6.07, 6.45) is 24.5. The molecule has 34 heavy (non-hydrogen) atoms. The average molecular weight is 475 g/mol. The van der Waals surface area contributed by atoms with E-state index in [1.54, 1.807) is 12.1 Å². The van der Waals surface area contributed by atoms with Crippen molar-refractivity contribution in [3.8, 4) is 5.75 Å². The number of carbonyl (C=O) groups is 1. The molecule has 0 aliphatic rings. The normalized spacial score (nSPS) is 11.1. The Labute approximate surface area is 210 Å². The van der Waals surface area contributed by atoms with Crippen LogP contribution in [0.15, 0.2) is 12.1 Å². The molecule has 0 saturated heterocycles. The van der Waals surface area contributed by atoms with Gasteiger partial charge >= 0.3 is 0 Å². The Hall–Kier alpha value is -1.71. The van der Waals surface area contributed by atoms with E-state index in [4.69, 9.17) is 16.2 Å². The maximum Gasteiger partial charge on any atom is 0.167 e. The van der Waals surface area contributed by atoms with Gasteiger partial charge in [0.1, 0.15) is 5.75 Å². The van der Waals surface area contributed by atoms with Gasteiger partial charge in [0.25, 0.3) is 0 Å². The second-order valence-corrected chi connectivity index (χ2v) is 9.97. The van der Waals surface area contributed by atoms with E-state index in [-0.39, 0.29) is 5.78 Å². The number of unbranched alkanes of at least 4 members (excludes halogenated alkanes) is 17. The van der Waals surface area contributed by atoms with Crippen LogP contribution in [0.3, 0.4) is 0 Å². The first-order valence-corrected chi connectivity index (χ1v) is 14.5. The number of hydrogen-bond acceptors (Lipinski definition) is 4. The number of nitrogens with two attached hydrogens (primary N) is 2. The van der Waals surface area contributed by atoms with Gasteiger partial charge < -0.3 is 16.2 Å². The Bertz CT molecular complexity index is 645. The predicted octanol–water partition coefficient (Wildman–Crippen LogP) is 9.25. The lowest BCUT2D eigenvalue weighted by Crippen LogP contribution is -2.10. The highest BCUT2D eigenvalue weighted by Gasteiger charge is 2.17. The van der Waals surface area contributed by atoms with Gasteiger partial charge in [0.2, 0.25) is 0 Å². The lowest BCUT2D eigenvalue weighted by atomic mass is 10.00. The van der Waals surface area contributed by atoms with E-state index in [1.807, 2.05) is 0 Å². The van der Waals surface area contributed by atoms with E-state index >= 15 is 0 Å². The van der Waals surface area contributed by atoms with E-state index in [0.717, 1.165) is 19.3 Å². The van der Waals surface area contributed by atoms with Crippen molar-refractivity contribution in [2.24, 2.45) is 0 Å². The largest absolute Gasteiger partial charge is 0.491 e. The molecule has 0 amide bonds. The fraction of sp³-hybridized carbons (Fsp3) is 0.767. The highest BCUT2D eigenvalue weighted by molar-refractivity contribution is 6.06. The summed E-state index contributed by atoms with van der Waals surface area (Å²) < 4.78 is 5.92. The number of benzene rings is 1. The van der Waals surface area contributed by atoms with Crippen molar-refractivity contribution in [2.75, 3.05) is 18.1 Å². The molecule has 0 heterocycles. The van der Waals surface area contributed by atoms with Crippen LogP contribution in [-0.2, 0) is 0 Å². The van der Waals surface area contributed by atoms with Gasteiger partial charge in [-0.15, -0.1) is 0 Å². The Morgan fingerprint density at radius 3 is 1.59 bits per heavy atom. The van der Waals surface area contributed by atoms with Crippen molar-refractivity contribution in [1.82, 2.24) is 0 Å². The maximum atomic E-state index is 12.8. The minimum absolute atomic E-state index is 0.0438. The third-order valence-corrected chi connectivity index (χ3v) is 6.78. The zero-order valence-electron chi connectivity index (χ0n) is 22.5. The summed E-state index contributed by atoms with van der Waals surface area (Å²) in [5.41, 5.74) is 13.7. The molecule has 4 nitrogen and oxygen atoms in total. The van der Waals surface area contributed by atoms with Crippen molar-refractivity contribution in [1.29, 1.82) is 0 Å². The molecule has 0 bridgehead atoms. The van der Waals surface area contributed by atoms with Gasteiger partial charge in [0, 0.05) is 12.1 Å². The molecular formula is C30H54N2O2. The number of hydrogen-bond donors (Lipinski definition) is 2. The summed E-state index contributed by atoms with van der Waals surface area (Å²) in [6, 6.07) is 3.56. The minimum Gasteiger partial charge on any atom is -0.491 e. The zero-order valence-corrected chi connectivity index (χ0v) is 22.5. The van der Waals surface area contributed by atoms with Crippen molar-refractivity contribution in [2.45, 2.75) is 142 Å². The van der Waals surface area contributed by atoms with E-state index < -0.39 is 0 Å². The van der Waals surface area contributed by atoms with Gasteiger partial charge in [-0.25, -0.2) is 0 Å². The number of nitrogen functional groups attached to an aromatic ring is 2. The molecule has 0 unspecified atom stereocenters. The first kappa shape index (κ1) is 30.3. The van der Waals surface area contributed by atoms with Crippen molar-refractivity contribution < 1.29 is 9.53 Å². The molecule has 4 heteroatoms. The van der Waals surface area contributed by atoms with E-state index in [2.05, 4.69) is 13.8 Å². The summed E-state index contributed by atoms with van der Waals surface area (Å²) in [6.45, 7) is 5.14. The smallest absolute Gasteiger partial charge is 0.167 e. The Morgan fingerprint density at radius 2 is 1.09 bits per heavy atom. The topological polar surface area (TPSA) is 78.3 Å². The summed E-state index contributed by atoms with van der Waals surface area (Å²) >= 11 is 0. The summed E-state index contributed by atoms with van der Waals surface area (Å²) in [5, 5.41) is 0. The molecule has 0 aliphatic carbocycles. The Morgan fingerprint density at radius 1 is 0.647 bits per heavy atom. The molecule has 196 valence electrons. The molecule has 1 rings (SSSR count). The number of carbonyl (C=O) groups excluding carboxylic acids is 1. The van der Waals surface area contributed by atoms with E-state index in [0.29, 0.717) is 35.7 Å². The molecular weight excluding hydrogens is 420 g/mol. The molecule has 0 aromatic heterocycles. The van der Waals surface area contributed by atoms with Gasteiger partial charge in [-0.2, -0.15) is 0 Å². The number of anilines is 2. The van der Waals surface area contributed by atoms with Crippen LogP contribution in [0.5, 0.6) is 5.75 Å². The quantitative estimate of drug-likeness (QED) is 0.0940. The monoisotopic (exact) mass is 474 g/mol. The molecule has 0 fully saturated rings. The second-order valence-electron chi connectivity index (χ2n) is 9.97. The SMILES string of the molecule is CCCCCCCCCCCCOc1ccc(N)c(C(=O)CCCCCCCCCCC)c1N. The summed E-state index contributed by atoms with van der Waals surface area (Å²) in [4.78, 5) is 12.8. The van der Waals surface area contributed by atoms with Crippen LogP contribution in [0, 0.1) is 0 Å². The molecule has 0 saturated carbocycles. The van der Waals surface area contributed by atoms with Gasteiger partial charge in [-0.3, -0.25) is 4.79 Å². The third kappa shape index (κ3) is 13.9. The second kappa shape index (κ2) is 20.6. The van der Waals surface area contributed by atoms with Crippen molar-refractivity contribution >= 4 is 17.2 Å². The molecule has 4 N–H and O–H groups in total. The fourth-order valence-electron chi connectivity index (χ4n) is 4.55. The number of Topliss-reactive ketones (excluding diaryl/α,β-unsaturated/α-hetero) is 1. The van der Waals surface area contributed by atoms with Crippen LogP contribution in [0.4, 0.5) is 11.4 Å². The van der Waals surface area contributed by atoms with Crippen LogP contribution < -0.4 is 16.2 Å². The van der Waals surface area contributed by atoms with Gasteiger partial charge in [-0.1, -0.05) is 123 Å². The molecule has 0 atom stereocenters. The number of rotatable bonds is 23. The zero-order chi connectivity index (χ0) is 24.9. The van der Waals surface area contributed by atoms with Gasteiger partial charge in [0.15, 0.2) is 5.78 Å². The third-order valence-electron chi connectivity index (χ3n) is 6.78. The van der Waals surface area contributed by atoms with E-state index in [9.17, 15) is 4.79 Å². The molecule has 0 aliphatic heterocycles. The molecule has 0 radical (unpaired) electrons. The van der Waals surface area contributed by atoms with Crippen molar-refractivity contribution in [3.63, 3.8) is 0 Å². The highest BCUT2D eigenvalue weighted by Crippen LogP contribution is 2.31. The maximum absolute atomic E-state index is 12.8. The average Bonchev–Trinajstić information content (AvgIpc) is 2.82. The predicted molar refractivity (Wildman–Crippen MR) is 149 cm³/mol. The Balaban J connectivity index is 2.24. The van der Waals surface area contributed by atoms with E-state index in [1.165, 1.54) is 103 Å². The molecule has 1 aromatic carbocycles. The van der Waals surface area contributed by atoms with Crippen LogP contribution >= 0.6 is 0 Å².